The highest BCUT2D eigenvalue weighted by molar-refractivity contribution is 7.98. The molecule has 1 aromatic rings. The summed E-state index contributed by atoms with van der Waals surface area (Å²) in [5, 5.41) is 24.2. The van der Waals surface area contributed by atoms with Crippen LogP contribution in [0.25, 0.3) is 0 Å². The topological polar surface area (TPSA) is 162 Å². The predicted molar refractivity (Wildman–Crippen MR) is 125 cm³/mol. The van der Waals surface area contributed by atoms with E-state index in [2.05, 4.69) is 10.6 Å². The molecule has 2 rings (SSSR count). The van der Waals surface area contributed by atoms with Gasteiger partial charge in [0, 0.05) is 13.0 Å². The molecule has 0 aromatic heterocycles. The van der Waals surface area contributed by atoms with Crippen molar-refractivity contribution in [1.29, 1.82) is 0 Å². The Morgan fingerprint density at radius 3 is 2.42 bits per heavy atom. The number of amides is 3. The van der Waals surface area contributed by atoms with Crippen molar-refractivity contribution in [3.8, 4) is 5.75 Å². The van der Waals surface area contributed by atoms with Gasteiger partial charge in [0.05, 0.1) is 6.04 Å². The summed E-state index contributed by atoms with van der Waals surface area (Å²) < 4.78 is 0. The monoisotopic (exact) mass is 480 g/mol. The van der Waals surface area contributed by atoms with Gasteiger partial charge >= 0.3 is 5.97 Å². The van der Waals surface area contributed by atoms with Gasteiger partial charge in [0.1, 0.15) is 23.9 Å². The molecule has 0 saturated carbocycles. The second kappa shape index (κ2) is 12.4. The number of carbonyl (C=O) groups excluding carboxylic acids is 3. The maximum absolute atomic E-state index is 13.0. The molecule has 11 heteroatoms. The van der Waals surface area contributed by atoms with Crippen molar-refractivity contribution >= 4 is 35.5 Å². The molecule has 1 aliphatic heterocycles. The summed E-state index contributed by atoms with van der Waals surface area (Å²) in [7, 11) is 0. The highest BCUT2D eigenvalue weighted by atomic mass is 32.2. The largest absolute Gasteiger partial charge is 0.508 e. The van der Waals surface area contributed by atoms with E-state index in [0.717, 1.165) is 0 Å². The second-order valence-electron chi connectivity index (χ2n) is 8.09. The second-order valence-corrected chi connectivity index (χ2v) is 9.08. The average molecular weight is 481 g/mol. The third kappa shape index (κ3) is 7.64. The zero-order valence-corrected chi connectivity index (χ0v) is 19.6. The van der Waals surface area contributed by atoms with Crippen LogP contribution in [0.1, 0.15) is 31.7 Å². The van der Waals surface area contributed by atoms with Crippen LogP contribution in [-0.4, -0.2) is 81.5 Å². The van der Waals surface area contributed by atoms with Crippen molar-refractivity contribution in [3.05, 3.63) is 29.8 Å². The van der Waals surface area contributed by atoms with Crippen molar-refractivity contribution < 1.29 is 29.4 Å². The first kappa shape index (κ1) is 26.5. The van der Waals surface area contributed by atoms with Gasteiger partial charge in [0.2, 0.25) is 17.7 Å². The maximum atomic E-state index is 13.0. The molecule has 4 atom stereocenters. The molecule has 3 amide bonds. The number of carboxylic acid groups (broad SMARTS) is 1. The van der Waals surface area contributed by atoms with Crippen LogP contribution in [0.2, 0.25) is 0 Å². The molecule has 0 radical (unpaired) electrons. The lowest BCUT2D eigenvalue weighted by Gasteiger charge is -2.28. The maximum Gasteiger partial charge on any atom is 0.326 e. The van der Waals surface area contributed by atoms with E-state index in [4.69, 9.17) is 5.73 Å². The number of carbonyl (C=O) groups is 4. The van der Waals surface area contributed by atoms with E-state index in [1.165, 1.54) is 28.8 Å². The summed E-state index contributed by atoms with van der Waals surface area (Å²) >= 11 is 1.46. The number of phenols is 1. The molecule has 1 aliphatic rings. The fourth-order valence-electron chi connectivity index (χ4n) is 3.67. The predicted octanol–water partition coefficient (Wildman–Crippen LogP) is 0.0802. The molecule has 33 heavy (non-hydrogen) atoms. The Labute approximate surface area is 197 Å². The molecule has 182 valence electrons. The summed E-state index contributed by atoms with van der Waals surface area (Å²) in [4.78, 5) is 51.4. The van der Waals surface area contributed by atoms with Crippen LogP contribution in [-0.2, 0) is 25.6 Å². The van der Waals surface area contributed by atoms with E-state index in [1.54, 1.807) is 19.1 Å². The first-order valence-corrected chi connectivity index (χ1v) is 12.2. The quantitative estimate of drug-likeness (QED) is 0.297. The number of nitrogens with zero attached hydrogens (tertiary/aromatic N) is 1. The SMILES string of the molecule is CSCCC(NC(=O)C(Cc1ccc(O)cc1)NC(=O)C1CCCN1C(=O)C(C)N)C(=O)O. The smallest absolute Gasteiger partial charge is 0.326 e. The average Bonchev–Trinajstić information content (AvgIpc) is 3.26. The van der Waals surface area contributed by atoms with Gasteiger partial charge in [-0.1, -0.05) is 12.1 Å². The van der Waals surface area contributed by atoms with E-state index in [-0.39, 0.29) is 24.5 Å². The number of nitrogens with two attached hydrogens (primary N) is 1. The van der Waals surface area contributed by atoms with E-state index < -0.39 is 42.0 Å². The number of rotatable bonds is 11. The van der Waals surface area contributed by atoms with Crippen LogP contribution < -0.4 is 16.4 Å². The number of thioether (sulfide) groups is 1. The van der Waals surface area contributed by atoms with Gasteiger partial charge in [0.15, 0.2) is 0 Å². The molecule has 10 nitrogen and oxygen atoms in total. The molecule has 0 bridgehead atoms. The van der Waals surface area contributed by atoms with Crippen molar-refractivity contribution in [2.24, 2.45) is 5.73 Å². The number of hydrogen-bond acceptors (Lipinski definition) is 7. The molecule has 1 heterocycles. The highest BCUT2D eigenvalue weighted by Crippen LogP contribution is 2.19. The summed E-state index contributed by atoms with van der Waals surface area (Å²) in [5.74, 6) is -2.01. The molecule has 0 spiro atoms. The van der Waals surface area contributed by atoms with Gasteiger partial charge in [0.25, 0.3) is 0 Å². The van der Waals surface area contributed by atoms with Crippen LogP contribution in [0.4, 0.5) is 0 Å². The van der Waals surface area contributed by atoms with E-state index in [9.17, 15) is 29.4 Å². The van der Waals surface area contributed by atoms with Crippen molar-refractivity contribution in [3.63, 3.8) is 0 Å². The number of hydrogen-bond donors (Lipinski definition) is 5. The summed E-state index contributed by atoms with van der Waals surface area (Å²) in [6, 6.07) is 2.51. The zero-order chi connectivity index (χ0) is 24.5. The molecular weight excluding hydrogens is 448 g/mol. The lowest BCUT2D eigenvalue weighted by molar-refractivity contribution is -0.143. The number of carboxylic acids is 1. The third-order valence-electron chi connectivity index (χ3n) is 5.46. The standard InChI is InChI=1S/C22H32N4O6S/c1-13(23)21(30)26-10-3-4-18(26)20(29)25-17(12-14-5-7-15(27)8-6-14)19(28)24-16(22(31)32)9-11-33-2/h5-8,13,16-18,27H,3-4,9-12,23H2,1-2H3,(H,24,28)(H,25,29)(H,31,32). The minimum Gasteiger partial charge on any atom is -0.508 e. The summed E-state index contributed by atoms with van der Waals surface area (Å²) in [6.07, 6.45) is 3.25. The minimum absolute atomic E-state index is 0.0582. The Morgan fingerprint density at radius 1 is 1.18 bits per heavy atom. The van der Waals surface area contributed by atoms with Crippen LogP contribution >= 0.6 is 11.8 Å². The van der Waals surface area contributed by atoms with Crippen molar-refractivity contribution in [2.75, 3.05) is 18.6 Å². The van der Waals surface area contributed by atoms with Gasteiger partial charge in [-0.05, 0) is 55.9 Å². The Bertz CT molecular complexity index is 848. The van der Waals surface area contributed by atoms with Gasteiger partial charge < -0.3 is 31.5 Å². The highest BCUT2D eigenvalue weighted by Gasteiger charge is 2.37. The zero-order valence-electron chi connectivity index (χ0n) is 18.8. The Hall–Kier alpha value is -2.79. The van der Waals surface area contributed by atoms with Crippen LogP contribution in [0, 0.1) is 0 Å². The third-order valence-corrected chi connectivity index (χ3v) is 6.11. The van der Waals surface area contributed by atoms with Crippen molar-refractivity contribution in [1.82, 2.24) is 15.5 Å². The Morgan fingerprint density at radius 2 is 1.85 bits per heavy atom. The fraction of sp³-hybridized carbons (Fsp3) is 0.545. The molecule has 6 N–H and O–H groups in total. The van der Waals surface area contributed by atoms with Crippen molar-refractivity contribution in [2.45, 2.75) is 56.8 Å². The molecular formula is C22H32N4O6S. The van der Waals surface area contributed by atoms with E-state index in [1.807, 2.05) is 6.26 Å². The molecule has 0 aliphatic carbocycles. The first-order chi connectivity index (χ1) is 15.6. The molecule has 4 unspecified atom stereocenters. The van der Waals surface area contributed by atoms with E-state index >= 15 is 0 Å². The van der Waals surface area contributed by atoms with Crippen LogP contribution in [0.3, 0.4) is 0 Å². The van der Waals surface area contributed by atoms with Crippen LogP contribution in [0.15, 0.2) is 24.3 Å². The van der Waals surface area contributed by atoms with Gasteiger partial charge in [-0.2, -0.15) is 11.8 Å². The lowest BCUT2D eigenvalue weighted by Crippen LogP contribution is -2.57. The fourth-order valence-corrected chi connectivity index (χ4v) is 4.15. The van der Waals surface area contributed by atoms with Gasteiger partial charge in [-0.25, -0.2) is 4.79 Å². The van der Waals surface area contributed by atoms with Crippen LogP contribution in [0.5, 0.6) is 5.75 Å². The number of nitrogens with one attached hydrogen (secondary N) is 2. The van der Waals surface area contributed by atoms with Gasteiger partial charge in [-0.3, -0.25) is 14.4 Å². The number of aromatic hydroxyl groups is 1. The van der Waals surface area contributed by atoms with Gasteiger partial charge in [-0.15, -0.1) is 0 Å². The number of likely N-dealkylation sites (tertiary alicyclic amines) is 1. The Balaban J connectivity index is 2.19. The van der Waals surface area contributed by atoms with E-state index in [0.29, 0.717) is 30.7 Å². The summed E-state index contributed by atoms with van der Waals surface area (Å²) in [5.41, 5.74) is 6.37. The molecule has 1 fully saturated rings. The number of benzene rings is 1. The summed E-state index contributed by atoms with van der Waals surface area (Å²) in [6.45, 7) is 1.96. The number of aliphatic carboxylic acids is 1. The molecule has 1 saturated heterocycles. The minimum atomic E-state index is -1.16. The Kier molecular flexibility index (Phi) is 9.98. The first-order valence-electron chi connectivity index (χ1n) is 10.8. The lowest BCUT2D eigenvalue weighted by atomic mass is 10.0. The normalized spacial score (nSPS) is 18.3. The number of phenolic OH excluding ortho intramolecular Hbond substituents is 1. The molecule has 1 aromatic carbocycles.